The Hall–Kier alpha value is -2.02. The second kappa shape index (κ2) is 4.49. The average Bonchev–Trinajstić information content (AvgIpc) is 2.81. The van der Waals surface area contributed by atoms with Gasteiger partial charge in [0.1, 0.15) is 5.88 Å². The molecule has 1 aromatic carbocycles. The van der Waals surface area contributed by atoms with E-state index in [1.165, 1.54) is 18.5 Å². The molecule has 0 atom stereocenters. The van der Waals surface area contributed by atoms with Crippen molar-refractivity contribution in [2.75, 3.05) is 18.5 Å². The molecule has 0 unspecified atom stereocenters. The van der Waals surface area contributed by atoms with E-state index in [1.807, 2.05) is 13.1 Å². The van der Waals surface area contributed by atoms with Crippen molar-refractivity contribution in [2.45, 2.75) is 19.2 Å². The Morgan fingerprint density at radius 2 is 2.10 bits per heavy atom. The van der Waals surface area contributed by atoms with Crippen LogP contribution in [-0.2, 0) is 27.1 Å². The third-order valence-corrected chi connectivity index (χ3v) is 5.53. The molecule has 0 spiro atoms. The first-order valence-corrected chi connectivity index (χ1v) is 8.20. The number of sulfonamides is 1. The lowest BCUT2D eigenvalue weighted by molar-refractivity contribution is 0.0601. The number of benzene rings is 1. The maximum absolute atomic E-state index is 12.2. The molecule has 0 saturated heterocycles. The number of ether oxygens (including phenoxy) is 1. The van der Waals surface area contributed by atoms with Crippen molar-refractivity contribution in [3.8, 4) is 0 Å². The van der Waals surface area contributed by atoms with Crippen molar-refractivity contribution in [1.82, 2.24) is 4.57 Å². The molecule has 0 aliphatic carbocycles. The largest absolute Gasteiger partial charge is 0.465 e. The summed E-state index contributed by atoms with van der Waals surface area (Å²) in [6, 6.07) is 3.34. The topological polar surface area (TPSA) is 68.6 Å². The quantitative estimate of drug-likeness (QED) is 0.792. The highest BCUT2D eigenvalue weighted by Crippen LogP contribution is 2.37. The fourth-order valence-corrected chi connectivity index (χ4v) is 3.93. The third kappa shape index (κ3) is 1.91. The Morgan fingerprint density at radius 3 is 2.71 bits per heavy atom. The Morgan fingerprint density at radius 1 is 1.38 bits per heavy atom. The minimum atomic E-state index is -3.42. The standard InChI is InChI=1S/C14H16N2O4S/c1-4-9-7-16-8-21(18,19)15(2)12-6-10(14(17)20-3)5-11(9)13(12)16/h5-7H,4,8H2,1-3H3. The van der Waals surface area contributed by atoms with Crippen LogP contribution in [-0.4, -0.2) is 33.1 Å². The zero-order valence-corrected chi connectivity index (χ0v) is 12.9. The fraction of sp³-hybridized carbons (Fsp3) is 0.357. The van der Waals surface area contributed by atoms with Gasteiger partial charge in [-0.2, -0.15) is 0 Å². The Bertz CT molecular complexity index is 851. The number of rotatable bonds is 2. The summed E-state index contributed by atoms with van der Waals surface area (Å²) in [6.07, 6.45) is 2.61. The van der Waals surface area contributed by atoms with Gasteiger partial charge in [-0.25, -0.2) is 13.2 Å². The number of aryl methyl sites for hydroxylation is 1. The van der Waals surface area contributed by atoms with Gasteiger partial charge in [0.15, 0.2) is 0 Å². The van der Waals surface area contributed by atoms with E-state index < -0.39 is 16.0 Å². The molecular formula is C14H16N2O4S. The molecule has 3 rings (SSSR count). The summed E-state index contributed by atoms with van der Waals surface area (Å²) >= 11 is 0. The van der Waals surface area contributed by atoms with E-state index in [0.717, 1.165) is 22.9 Å². The molecule has 6 nitrogen and oxygen atoms in total. The number of hydrogen-bond donors (Lipinski definition) is 0. The highest BCUT2D eigenvalue weighted by Gasteiger charge is 2.30. The summed E-state index contributed by atoms with van der Waals surface area (Å²) < 4.78 is 32.2. The number of carbonyl (C=O) groups is 1. The molecule has 0 N–H and O–H groups in total. The van der Waals surface area contributed by atoms with Gasteiger partial charge in [-0.3, -0.25) is 4.31 Å². The zero-order valence-electron chi connectivity index (χ0n) is 12.1. The number of aromatic nitrogens is 1. The smallest absolute Gasteiger partial charge is 0.337 e. The predicted octanol–water partition coefficient (Wildman–Crippen LogP) is 1.73. The van der Waals surface area contributed by atoms with E-state index in [4.69, 9.17) is 4.74 Å². The van der Waals surface area contributed by atoms with Crippen LogP contribution in [0, 0.1) is 0 Å². The van der Waals surface area contributed by atoms with Crippen molar-refractivity contribution in [3.63, 3.8) is 0 Å². The van der Waals surface area contributed by atoms with Gasteiger partial charge in [-0.15, -0.1) is 0 Å². The number of methoxy groups -OCH3 is 1. The SMILES string of the molecule is CCc1cn2c3c(cc(C(=O)OC)cc13)N(C)S(=O)(=O)C2. The summed E-state index contributed by atoms with van der Waals surface area (Å²) in [5.41, 5.74) is 2.73. The molecular weight excluding hydrogens is 292 g/mol. The molecule has 0 radical (unpaired) electrons. The number of nitrogens with zero attached hydrogens (tertiary/aromatic N) is 2. The van der Waals surface area contributed by atoms with E-state index in [0.29, 0.717) is 11.3 Å². The summed E-state index contributed by atoms with van der Waals surface area (Å²) in [6.45, 7) is 2.00. The van der Waals surface area contributed by atoms with Crippen LogP contribution in [0.5, 0.6) is 0 Å². The van der Waals surface area contributed by atoms with E-state index in [2.05, 4.69) is 0 Å². The minimum absolute atomic E-state index is 0.0788. The fourth-order valence-electron chi connectivity index (χ4n) is 2.76. The second-order valence-electron chi connectivity index (χ2n) is 5.07. The first-order chi connectivity index (χ1) is 9.89. The van der Waals surface area contributed by atoms with Gasteiger partial charge < -0.3 is 9.30 Å². The monoisotopic (exact) mass is 308 g/mol. The number of carbonyl (C=O) groups excluding carboxylic acids is 1. The van der Waals surface area contributed by atoms with Crippen molar-refractivity contribution in [3.05, 3.63) is 29.5 Å². The maximum Gasteiger partial charge on any atom is 0.337 e. The highest BCUT2D eigenvalue weighted by atomic mass is 32.2. The van der Waals surface area contributed by atoms with Crippen LogP contribution < -0.4 is 4.31 Å². The van der Waals surface area contributed by atoms with Gasteiger partial charge in [0.2, 0.25) is 0 Å². The Labute approximate surface area is 123 Å². The van der Waals surface area contributed by atoms with Crippen molar-refractivity contribution < 1.29 is 17.9 Å². The van der Waals surface area contributed by atoms with Gasteiger partial charge in [-0.05, 0) is 24.1 Å². The van der Waals surface area contributed by atoms with Gasteiger partial charge >= 0.3 is 5.97 Å². The molecule has 0 saturated carbocycles. The minimum Gasteiger partial charge on any atom is -0.465 e. The van der Waals surface area contributed by atoms with Gasteiger partial charge in [0.25, 0.3) is 10.0 Å². The molecule has 0 amide bonds. The maximum atomic E-state index is 12.2. The first kappa shape index (κ1) is 13.9. The van der Waals surface area contributed by atoms with Gasteiger partial charge in [0, 0.05) is 18.6 Å². The third-order valence-electron chi connectivity index (χ3n) is 3.90. The van der Waals surface area contributed by atoms with Crippen LogP contribution in [0.25, 0.3) is 10.9 Å². The van der Waals surface area contributed by atoms with Gasteiger partial charge in [-0.1, -0.05) is 6.92 Å². The van der Waals surface area contributed by atoms with Crippen molar-refractivity contribution in [1.29, 1.82) is 0 Å². The molecule has 2 heterocycles. The molecule has 21 heavy (non-hydrogen) atoms. The zero-order chi connectivity index (χ0) is 15.4. The summed E-state index contributed by atoms with van der Waals surface area (Å²) in [5, 5.41) is 0.900. The van der Waals surface area contributed by atoms with Crippen molar-refractivity contribution in [2.24, 2.45) is 0 Å². The van der Waals surface area contributed by atoms with E-state index in [9.17, 15) is 13.2 Å². The predicted molar refractivity (Wildman–Crippen MR) is 80.0 cm³/mol. The number of esters is 1. The molecule has 0 fully saturated rings. The van der Waals surface area contributed by atoms with Crippen LogP contribution in [0.4, 0.5) is 5.69 Å². The molecule has 1 aliphatic heterocycles. The second-order valence-corrected chi connectivity index (χ2v) is 7.04. The molecule has 112 valence electrons. The van der Waals surface area contributed by atoms with E-state index >= 15 is 0 Å². The van der Waals surface area contributed by atoms with Crippen LogP contribution in [0.15, 0.2) is 18.3 Å². The van der Waals surface area contributed by atoms with Gasteiger partial charge in [0.05, 0.1) is 23.9 Å². The van der Waals surface area contributed by atoms with E-state index in [1.54, 1.807) is 16.7 Å². The van der Waals surface area contributed by atoms with E-state index in [-0.39, 0.29) is 5.88 Å². The molecule has 0 bridgehead atoms. The summed E-state index contributed by atoms with van der Waals surface area (Å²) in [4.78, 5) is 11.8. The average molecular weight is 308 g/mol. The van der Waals surface area contributed by atoms with Crippen LogP contribution in [0.1, 0.15) is 22.8 Å². The normalized spacial score (nSPS) is 16.2. The molecule has 1 aliphatic rings. The van der Waals surface area contributed by atoms with Crippen molar-refractivity contribution >= 4 is 32.6 Å². The highest BCUT2D eigenvalue weighted by molar-refractivity contribution is 7.91. The summed E-state index contributed by atoms with van der Waals surface area (Å²) in [5.74, 6) is -0.552. The molecule has 1 aromatic heterocycles. The molecule has 2 aromatic rings. The summed E-state index contributed by atoms with van der Waals surface area (Å²) in [7, 11) is -0.604. The van der Waals surface area contributed by atoms with Crippen LogP contribution >= 0.6 is 0 Å². The number of anilines is 1. The molecule has 7 heteroatoms. The number of hydrogen-bond acceptors (Lipinski definition) is 4. The van der Waals surface area contributed by atoms with Crippen LogP contribution in [0.3, 0.4) is 0 Å². The Kier molecular flexibility index (Phi) is 2.98. The van der Waals surface area contributed by atoms with Crippen LogP contribution in [0.2, 0.25) is 0 Å². The lowest BCUT2D eigenvalue weighted by atomic mass is 10.1. The lowest BCUT2D eigenvalue weighted by Crippen LogP contribution is -2.33. The lowest BCUT2D eigenvalue weighted by Gasteiger charge is -2.27. The first-order valence-electron chi connectivity index (χ1n) is 6.59. The Balaban J connectivity index is 2.40.